The number of hydrogen-bond donors (Lipinski definition) is 1. The molecule has 106 valence electrons. The number of carboxylic acids is 1. The number of anilines is 1. The number of aromatic carboxylic acids is 1. The highest BCUT2D eigenvalue weighted by atomic mass is 16.4. The van der Waals surface area contributed by atoms with Gasteiger partial charge in [-0.2, -0.15) is 9.61 Å². The molecule has 0 aromatic carbocycles. The third kappa shape index (κ3) is 1.67. The summed E-state index contributed by atoms with van der Waals surface area (Å²) >= 11 is 0. The molecule has 1 aliphatic rings. The third-order valence-electron chi connectivity index (χ3n) is 3.81. The first-order valence-electron chi connectivity index (χ1n) is 6.69. The van der Waals surface area contributed by atoms with Gasteiger partial charge in [0.15, 0.2) is 5.65 Å². The van der Waals surface area contributed by atoms with Gasteiger partial charge in [0, 0.05) is 23.3 Å². The highest BCUT2D eigenvalue weighted by Gasteiger charge is 2.33. The first kappa shape index (κ1) is 12.9. The summed E-state index contributed by atoms with van der Waals surface area (Å²) in [5, 5.41) is 13.5. The van der Waals surface area contributed by atoms with Crippen molar-refractivity contribution in [2.45, 2.75) is 39.7 Å². The van der Waals surface area contributed by atoms with Gasteiger partial charge in [0.1, 0.15) is 11.4 Å². The van der Waals surface area contributed by atoms with Crippen molar-refractivity contribution >= 4 is 17.4 Å². The summed E-state index contributed by atoms with van der Waals surface area (Å²) in [6.07, 6.45) is 2.30. The Kier molecular flexibility index (Phi) is 2.54. The molecule has 0 unspecified atom stereocenters. The Bertz CT molecular complexity index is 712. The second-order valence-electron chi connectivity index (χ2n) is 6.17. The molecule has 0 fully saturated rings. The van der Waals surface area contributed by atoms with Crippen LogP contribution in [0, 0.1) is 6.92 Å². The van der Waals surface area contributed by atoms with Crippen LogP contribution in [0.4, 0.5) is 5.82 Å². The minimum atomic E-state index is -0.993. The summed E-state index contributed by atoms with van der Waals surface area (Å²) in [5.41, 5.74) is 2.58. The van der Waals surface area contributed by atoms with E-state index in [9.17, 15) is 9.90 Å². The van der Waals surface area contributed by atoms with Crippen LogP contribution in [-0.4, -0.2) is 37.8 Å². The molecule has 3 heterocycles. The summed E-state index contributed by atoms with van der Waals surface area (Å²) in [6, 6.07) is 0. The largest absolute Gasteiger partial charge is 0.477 e. The van der Waals surface area contributed by atoms with Gasteiger partial charge in [-0.25, -0.2) is 9.78 Å². The van der Waals surface area contributed by atoms with E-state index in [0.29, 0.717) is 5.65 Å². The van der Waals surface area contributed by atoms with E-state index < -0.39 is 5.97 Å². The molecular formula is C14H18N4O2. The lowest BCUT2D eigenvalue weighted by Crippen LogP contribution is -2.41. The van der Waals surface area contributed by atoms with Crippen molar-refractivity contribution in [3.05, 3.63) is 23.0 Å². The minimum absolute atomic E-state index is 0.0404. The Labute approximate surface area is 117 Å². The molecule has 1 aliphatic heterocycles. The summed E-state index contributed by atoms with van der Waals surface area (Å²) in [4.78, 5) is 18.0. The lowest BCUT2D eigenvalue weighted by Gasteiger charge is -2.34. The second-order valence-corrected chi connectivity index (χ2v) is 6.17. The molecular weight excluding hydrogens is 256 g/mol. The van der Waals surface area contributed by atoms with E-state index in [2.05, 4.69) is 35.8 Å². The third-order valence-corrected chi connectivity index (χ3v) is 3.81. The molecule has 0 atom stereocenters. The van der Waals surface area contributed by atoms with Crippen molar-refractivity contribution in [1.82, 2.24) is 14.6 Å². The number of aryl methyl sites for hydroxylation is 1. The lowest BCUT2D eigenvalue weighted by atomic mass is 10.1. The van der Waals surface area contributed by atoms with Crippen LogP contribution in [0.3, 0.4) is 0 Å². The van der Waals surface area contributed by atoms with E-state index in [1.54, 1.807) is 4.52 Å². The van der Waals surface area contributed by atoms with Crippen LogP contribution in [0.1, 0.15) is 42.4 Å². The molecule has 20 heavy (non-hydrogen) atoms. The average Bonchev–Trinajstić information content (AvgIpc) is 2.89. The molecule has 6 nitrogen and oxygen atoms in total. The topological polar surface area (TPSA) is 70.7 Å². The van der Waals surface area contributed by atoms with Gasteiger partial charge in [-0.1, -0.05) is 0 Å². The van der Waals surface area contributed by atoms with Crippen LogP contribution in [0.5, 0.6) is 0 Å². The zero-order chi connectivity index (χ0) is 14.7. The highest BCUT2D eigenvalue weighted by molar-refractivity contribution is 5.94. The Hall–Kier alpha value is -2.11. The Morgan fingerprint density at radius 3 is 2.70 bits per heavy atom. The summed E-state index contributed by atoms with van der Waals surface area (Å²) in [6.45, 7) is 9.27. The molecule has 0 saturated carbocycles. The molecule has 3 rings (SSSR count). The number of aromatic nitrogens is 3. The SMILES string of the molecule is Cc1nc2c(C(=O)O)cnn2c2c1CCN2C(C)(C)C. The predicted molar refractivity (Wildman–Crippen MR) is 75.5 cm³/mol. The maximum absolute atomic E-state index is 11.3. The van der Waals surface area contributed by atoms with Gasteiger partial charge in [-0.15, -0.1) is 0 Å². The Morgan fingerprint density at radius 1 is 1.40 bits per heavy atom. The van der Waals surface area contributed by atoms with Crippen molar-refractivity contribution in [1.29, 1.82) is 0 Å². The Balaban J connectivity index is 2.33. The minimum Gasteiger partial charge on any atom is -0.477 e. The fraction of sp³-hybridized carbons (Fsp3) is 0.500. The standard InChI is InChI=1S/C14H18N4O2/c1-8-9-5-6-17(14(2,3)4)12(9)18-11(16-8)10(7-15-18)13(19)20/h7H,5-6H2,1-4H3,(H,19,20). The maximum atomic E-state index is 11.3. The van der Waals surface area contributed by atoms with Crippen molar-refractivity contribution < 1.29 is 9.90 Å². The summed E-state index contributed by atoms with van der Waals surface area (Å²) in [7, 11) is 0. The van der Waals surface area contributed by atoms with E-state index in [-0.39, 0.29) is 11.1 Å². The smallest absolute Gasteiger partial charge is 0.341 e. The van der Waals surface area contributed by atoms with Crippen LogP contribution in [-0.2, 0) is 6.42 Å². The van der Waals surface area contributed by atoms with Gasteiger partial charge >= 0.3 is 5.97 Å². The molecule has 0 amide bonds. The van der Waals surface area contributed by atoms with Crippen molar-refractivity contribution in [2.24, 2.45) is 0 Å². The first-order chi connectivity index (χ1) is 9.30. The molecule has 2 aromatic rings. The molecule has 0 saturated heterocycles. The molecule has 0 spiro atoms. The van der Waals surface area contributed by atoms with Gasteiger partial charge in [-0.3, -0.25) is 0 Å². The van der Waals surface area contributed by atoms with Crippen LogP contribution in [0.25, 0.3) is 5.65 Å². The molecule has 0 bridgehead atoms. The molecule has 0 radical (unpaired) electrons. The first-order valence-corrected chi connectivity index (χ1v) is 6.69. The number of carbonyl (C=O) groups is 1. The van der Waals surface area contributed by atoms with Gasteiger partial charge in [0.2, 0.25) is 0 Å². The van der Waals surface area contributed by atoms with Crippen LogP contribution < -0.4 is 4.90 Å². The van der Waals surface area contributed by atoms with Crippen molar-refractivity contribution in [3.63, 3.8) is 0 Å². The van der Waals surface area contributed by atoms with Gasteiger partial charge < -0.3 is 10.0 Å². The highest BCUT2D eigenvalue weighted by Crippen LogP contribution is 2.35. The van der Waals surface area contributed by atoms with E-state index in [1.807, 2.05) is 6.92 Å². The van der Waals surface area contributed by atoms with Gasteiger partial charge in [0.25, 0.3) is 0 Å². The summed E-state index contributed by atoms with van der Waals surface area (Å²) < 4.78 is 1.67. The molecule has 1 N–H and O–H groups in total. The maximum Gasteiger partial charge on any atom is 0.341 e. The number of nitrogens with zero attached hydrogens (tertiary/aromatic N) is 4. The normalized spacial score (nSPS) is 14.9. The fourth-order valence-corrected chi connectivity index (χ4v) is 2.82. The molecule has 2 aromatic heterocycles. The monoisotopic (exact) mass is 274 g/mol. The number of rotatable bonds is 1. The quantitative estimate of drug-likeness (QED) is 0.860. The van der Waals surface area contributed by atoms with Crippen molar-refractivity contribution in [2.75, 3.05) is 11.4 Å². The summed E-state index contributed by atoms with van der Waals surface area (Å²) in [5.74, 6) is -0.0142. The number of carboxylic acid groups (broad SMARTS) is 1. The predicted octanol–water partition coefficient (Wildman–Crippen LogP) is 1.90. The zero-order valence-electron chi connectivity index (χ0n) is 12.1. The number of hydrogen-bond acceptors (Lipinski definition) is 4. The van der Waals surface area contributed by atoms with Crippen LogP contribution in [0.2, 0.25) is 0 Å². The Morgan fingerprint density at radius 2 is 2.10 bits per heavy atom. The van der Waals surface area contributed by atoms with E-state index in [4.69, 9.17) is 0 Å². The second kappa shape index (κ2) is 3.94. The van der Waals surface area contributed by atoms with Gasteiger partial charge in [-0.05, 0) is 34.1 Å². The molecule has 0 aliphatic carbocycles. The van der Waals surface area contributed by atoms with Gasteiger partial charge in [0.05, 0.1) is 6.20 Å². The average molecular weight is 274 g/mol. The molecule has 6 heteroatoms. The van der Waals surface area contributed by atoms with E-state index in [1.165, 1.54) is 6.20 Å². The van der Waals surface area contributed by atoms with Crippen LogP contribution >= 0.6 is 0 Å². The van der Waals surface area contributed by atoms with Crippen LogP contribution in [0.15, 0.2) is 6.20 Å². The lowest BCUT2D eigenvalue weighted by molar-refractivity contribution is 0.0699. The van der Waals surface area contributed by atoms with E-state index in [0.717, 1.165) is 30.0 Å². The zero-order valence-corrected chi connectivity index (χ0v) is 12.1. The fourth-order valence-electron chi connectivity index (χ4n) is 2.82. The van der Waals surface area contributed by atoms with E-state index >= 15 is 0 Å². The number of fused-ring (bicyclic) bond motifs is 3. The van der Waals surface area contributed by atoms with Crippen molar-refractivity contribution in [3.8, 4) is 0 Å².